The van der Waals surface area contributed by atoms with Crippen molar-refractivity contribution in [3.63, 3.8) is 0 Å². The lowest BCUT2D eigenvalue weighted by Gasteiger charge is -2.13. The van der Waals surface area contributed by atoms with Gasteiger partial charge < -0.3 is 10.6 Å². The number of para-hydroxylation sites is 1. The van der Waals surface area contributed by atoms with E-state index in [1.54, 1.807) is 41.8 Å². The van der Waals surface area contributed by atoms with E-state index in [4.69, 9.17) is 0 Å². The highest BCUT2D eigenvalue weighted by Crippen LogP contribution is 2.18. The lowest BCUT2D eigenvalue weighted by atomic mass is 10.1. The predicted molar refractivity (Wildman–Crippen MR) is 121 cm³/mol. The van der Waals surface area contributed by atoms with Gasteiger partial charge in [0.1, 0.15) is 5.82 Å². The Kier molecular flexibility index (Phi) is 5.06. The molecule has 0 fully saturated rings. The standard InChI is InChI=1S/C24H22N4O2/c1-15-8-9-16(2)22(14-15)27-24(30)26-18-10-12-19(13-11-18)28-17(3)25-21-7-5-4-6-20(21)23(28)29/h4-14H,1-3H3,(H2,26,27,30). The molecule has 0 spiro atoms. The van der Waals surface area contributed by atoms with E-state index in [1.807, 2.05) is 50.2 Å². The fourth-order valence-electron chi connectivity index (χ4n) is 3.40. The molecule has 0 radical (unpaired) electrons. The van der Waals surface area contributed by atoms with E-state index >= 15 is 0 Å². The number of anilines is 2. The van der Waals surface area contributed by atoms with E-state index in [2.05, 4.69) is 15.6 Å². The van der Waals surface area contributed by atoms with Crippen LogP contribution in [0.1, 0.15) is 17.0 Å². The smallest absolute Gasteiger partial charge is 0.308 e. The zero-order valence-electron chi connectivity index (χ0n) is 17.1. The lowest BCUT2D eigenvalue weighted by molar-refractivity contribution is 0.262. The summed E-state index contributed by atoms with van der Waals surface area (Å²) >= 11 is 0. The van der Waals surface area contributed by atoms with E-state index < -0.39 is 0 Å². The molecule has 0 atom stereocenters. The molecule has 6 heteroatoms. The third-order valence-electron chi connectivity index (χ3n) is 4.97. The molecule has 0 aliphatic heterocycles. The molecule has 4 aromatic rings. The Bertz CT molecular complexity index is 1310. The highest BCUT2D eigenvalue weighted by atomic mass is 16.2. The van der Waals surface area contributed by atoms with Crippen LogP contribution in [0.25, 0.3) is 16.6 Å². The molecule has 0 unspecified atom stereocenters. The van der Waals surface area contributed by atoms with Gasteiger partial charge in [-0.05, 0) is 74.4 Å². The van der Waals surface area contributed by atoms with Crippen molar-refractivity contribution < 1.29 is 4.79 Å². The molecule has 3 aromatic carbocycles. The summed E-state index contributed by atoms with van der Waals surface area (Å²) in [6.45, 7) is 5.73. The highest BCUT2D eigenvalue weighted by Gasteiger charge is 2.10. The summed E-state index contributed by atoms with van der Waals surface area (Å²) in [4.78, 5) is 29.8. The Hall–Kier alpha value is -3.93. The van der Waals surface area contributed by atoms with Crippen molar-refractivity contribution in [2.75, 3.05) is 10.6 Å². The number of nitrogens with one attached hydrogen (secondary N) is 2. The van der Waals surface area contributed by atoms with Crippen molar-refractivity contribution in [1.82, 2.24) is 9.55 Å². The maximum atomic E-state index is 12.9. The van der Waals surface area contributed by atoms with E-state index in [9.17, 15) is 9.59 Å². The normalized spacial score (nSPS) is 10.8. The summed E-state index contributed by atoms with van der Waals surface area (Å²) in [5.74, 6) is 0.604. The molecule has 0 aliphatic carbocycles. The second-order valence-corrected chi connectivity index (χ2v) is 7.26. The van der Waals surface area contributed by atoms with Gasteiger partial charge in [0.15, 0.2) is 0 Å². The average molecular weight is 398 g/mol. The maximum absolute atomic E-state index is 12.9. The Morgan fingerprint density at radius 1 is 0.900 bits per heavy atom. The van der Waals surface area contributed by atoms with Crippen LogP contribution in [0.3, 0.4) is 0 Å². The van der Waals surface area contributed by atoms with E-state index in [0.29, 0.717) is 28.1 Å². The molecular formula is C24H22N4O2. The number of rotatable bonds is 3. The quantitative estimate of drug-likeness (QED) is 0.512. The Morgan fingerprint density at radius 2 is 1.63 bits per heavy atom. The van der Waals surface area contributed by atoms with Crippen LogP contribution in [0, 0.1) is 20.8 Å². The summed E-state index contributed by atoms with van der Waals surface area (Å²) in [6.07, 6.45) is 0. The third-order valence-corrected chi connectivity index (χ3v) is 4.97. The fourth-order valence-corrected chi connectivity index (χ4v) is 3.40. The van der Waals surface area contributed by atoms with Gasteiger partial charge in [0.25, 0.3) is 5.56 Å². The van der Waals surface area contributed by atoms with Crippen LogP contribution in [-0.4, -0.2) is 15.6 Å². The van der Waals surface area contributed by atoms with Crippen LogP contribution < -0.4 is 16.2 Å². The molecule has 150 valence electrons. The van der Waals surface area contributed by atoms with Gasteiger partial charge in [-0.3, -0.25) is 9.36 Å². The number of aromatic nitrogens is 2. The van der Waals surface area contributed by atoms with Crippen molar-refractivity contribution in [2.24, 2.45) is 0 Å². The van der Waals surface area contributed by atoms with Gasteiger partial charge in [0.2, 0.25) is 0 Å². The van der Waals surface area contributed by atoms with E-state index in [0.717, 1.165) is 16.8 Å². The van der Waals surface area contributed by atoms with E-state index in [-0.39, 0.29) is 11.6 Å². The topological polar surface area (TPSA) is 76.0 Å². The first-order valence-electron chi connectivity index (χ1n) is 9.66. The van der Waals surface area contributed by atoms with Crippen molar-refractivity contribution in [1.29, 1.82) is 0 Å². The number of amides is 2. The van der Waals surface area contributed by atoms with Crippen LogP contribution in [0.2, 0.25) is 0 Å². The number of nitrogens with zero attached hydrogens (tertiary/aromatic N) is 2. The number of carbonyl (C=O) groups excluding carboxylic acids is 1. The first-order valence-corrected chi connectivity index (χ1v) is 9.66. The minimum absolute atomic E-state index is 0.119. The SMILES string of the molecule is Cc1ccc(C)c(NC(=O)Nc2ccc(-n3c(C)nc4ccccc4c3=O)cc2)c1. The van der Waals surface area contributed by atoms with Crippen LogP contribution in [0.15, 0.2) is 71.5 Å². The summed E-state index contributed by atoms with van der Waals surface area (Å²) in [5.41, 5.74) is 4.71. The molecule has 0 aliphatic rings. The molecular weight excluding hydrogens is 376 g/mol. The zero-order valence-corrected chi connectivity index (χ0v) is 17.1. The van der Waals surface area contributed by atoms with Crippen LogP contribution >= 0.6 is 0 Å². The Morgan fingerprint density at radius 3 is 2.40 bits per heavy atom. The van der Waals surface area contributed by atoms with Crippen molar-refractivity contribution in [3.05, 3.63) is 94.0 Å². The summed E-state index contributed by atoms with van der Waals surface area (Å²) in [7, 11) is 0. The number of hydrogen-bond acceptors (Lipinski definition) is 3. The number of urea groups is 1. The molecule has 0 bridgehead atoms. The maximum Gasteiger partial charge on any atom is 0.323 e. The fraction of sp³-hybridized carbons (Fsp3) is 0.125. The molecule has 6 nitrogen and oxygen atoms in total. The molecule has 2 N–H and O–H groups in total. The van der Waals surface area contributed by atoms with Gasteiger partial charge in [-0.15, -0.1) is 0 Å². The van der Waals surface area contributed by atoms with Gasteiger partial charge in [-0.2, -0.15) is 0 Å². The number of carbonyl (C=O) groups is 1. The van der Waals surface area contributed by atoms with Gasteiger partial charge in [-0.1, -0.05) is 24.3 Å². The second-order valence-electron chi connectivity index (χ2n) is 7.26. The van der Waals surface area contributed by atoms with Gasteiger partial charge in [-0.25, -0.2) is 9.78 Å². The Balaban J connectivity index is 1.56. The zero-order chi connectivity index (χ0) is 21.3. The second kappa shape index (κ2) is 7.83. The van der Waals surface area contributed by atoms with Crippen molar-refractivity contribution in [3.8, 4) is 5.69 Å². The third kappa shape index (κ3) is 3.80. The van der Waals surface area contributed by atoms with Crippen molar-refractivity contribution >= 4 is 28.3 Å². The van der Waals surface area contributed by atoms with Crippen LogP contribution in [-0.2, 0) is 0 Å². The van der Waals surface area contributed by atoms with E-state index in [1.165, 1.54) is 0 Å². The molecule has 30 heavy (non-hydrogen) atoms. The average Bonchev–Trinajstić information content (AvgIpc) is 2.72. The molecule has 4 rings (SSSR count). The van der Waals surface area contributed by atoms with Gasteiger partial charge >= 0.3 is 6.03 Å². The summed E-state index contributed by atoms with van der Waals surface area (Å²) in [5, 5.41) is 6.26. The molecule has 1 heterocycles. The molecule has 0 saturated heterocycles. The highest BCUT2D eigenvalue weighted by molar-refractivity contribution is 6.00. The molecule has 0 saturated carbocycles. The lowest BCUT2D eigenvalue weighted by Crippen LogP contribution is -2.22. The summed E-state index contributed by atoms with van der Waals surface area (Å²) < 4.78 is 1.57. The van der Waals surface area contributed by atoms with Crippen molar-refractivity contribution in [2.45, 2.75) is 20.8 Å². The largest absolute Gasteiger partial charge is 0.323 e. The summed E-state index contributed by atoms with van der Waals surface area (Å²) in [6, 6.07) is 20.0. The first-order chi connectivity index (χ1) is 14.4. The molecule has 2 amide bonds. The van der Waals surface area contributed by atoms with Gasteiger partial charge in [0.05, 0.1) is 16.6 Å². The van der Waals surface area contributed by atoms with Gasteiger partial charge in [0, 0.05) is 11.4 Å². The minimum Gasteiger partial charge on any atom is -0.308 e. The minimum atomic E-state index is -0.322. The van der Waals surface area contributed by atoms with Crippen LogP contribution in [0.5, 0.6) is 0 Å². The predicted octanol–water partition coefficient (Wildman–Crippen LogP) is 4.95. The number of hydrogen-bond donors (Lipinski definition) is 2. The van der Waals surface area contributed by atoms with Crippen LogP contribution in [0.4, 0.5) is 16.2 Å². The number of benzene rings is 3. The Labute approximate surface area is 174 Å². The monoisotopic (exact) mass is 398 g/mol. The number of aryl methyl sites for hydroxylation is 3. The number of fused-ring (bicyclic) bond motifs is 1. The molecule has 1 aromatic heterocycles. The first kappa shape index (κ1) is 19.4.